The van der Waals surface area contributed by atoms with E-state index < -0.39 is 11.9 Å². The molecule has 0 aliphatic rings. The van der Waals surface area contributed by atoms with Gasteiger partial charge in [0, 0.05) is 17.3 Å². The smallest absolute Gasteiger partial charge is 0.171 e. The maximum Gasteiger partial charge on any atom is 0.171 e. The number of nitrogens with zero attached hydrogens (tertiary/aromatic N) is 1. The predicted octanol–water partition coefficient (Wildman–Crippen LogP) is 2.52. The number of ether oxygens (including phenoxy) is 2. The molecule has 0 spiro atoms. The van der Waals surface area contributed by atoms with Gasteiger partial charge in [-0.3, -0.25) is 0 Å². The number of nitriles is 1. The number of aliphatic hydroxyl groups excluding tert-OH is 1. The van der Waals surface area contributed by atoms with Crippen LogP contribution in [-0.2, 0) is 0 Å². The zero-order chi connectivity index (χ0) is 19.1. The zero-order valence-corrected chi connectivity index (χ0v) is 14.8. The third kappa shape index (κ3) is 4.59. The van der Waals surface area contributed by atoms with E-state index >= 15 is 0 Å². The first-order chi connectivity index (χ1) is 12.5. The van der Waals surface area contributed by atoms with E-state index in [1.54, 1.807) is 24.3 Å². The molecule has 0 bridgehead atoms. The minimum absolute atomic E-state index is 0.0228. The van der Waals surface area contributed by atoms with Gasteiger partial charge in [-0.2, -0.15) is 5.26 Å². The van der Waals surface area contributed by atoms with Gasteiger partial charge in [0.1, 0.15) is 23.4 Å². The molecule has 8 heteroatoms. The Balaban J connectivity index is 2.41. The molecule has 1 unspecified atom stereocenters. The lowest BCUT2D eigenvalue weighted by atomic mass is 10.0. The van der Waals surface area contributed by atoms with Gasteiger partial charge in [-0.15, -0.1) is 0 Å². The summed E-state index contributed by atoms with van der Waals surface area (Å²) in [7, 11) is 1.44. The molecule has 136 valence electrons. The standard InChI is InChI=1S/C18H18FN3O3S/c1-24-13-8-14(16(19)15(9-13)25-7-6-23)17(18(21)26)22-12-4-2-11(10-20)3-5-12/h2-5,8-9,17,22-23H,6-7H2,1H3,(H2,21,26). The van der Waals surface area contributed by atoms with Crippen LogP contribution in [0.15, 0.2) is 36.4 Å². The van der Waals surface area contributed by atoms with Gasteiger partial charge in [0.05, 0.1) is 25.3 Å². The molecule has 0 aliphatic carbocycles. The Kier molecular flexibility index (Phi) is 6.72. The normalized spacial score (nSPS) is 11.3. The Hall–Kier alpha value is -2.89. The summed E-state index contributed by atoms with van der Waals surface area (Å²) in [5, 5.41) is 20.8. The number of aliphatic hydroxyl groups is 1. The van der Waals surface area contributed by atoms with Gasteiger partial charge in [-0.05, 0) is 30.3 Å². The molecule has 6 nitrogen and oxygen atoms in total. The molecule has 1 atom stereocenters. The summed E-state index contributed by atoms with van der Waals surface area (Å²) in [6, 6.07) is 10.6. The van der Waals surface area contributed by atoms with Crippen LogP contribution < -0.4 is 20.5 Å². The van der Waals surface area contributed by atoms with Gasteiger partial charge in [0.25, 0.3) is 0 Å². The number of nitrogens with two attached hydrogens (primary N) is 1. The largest absolute Gasteiger partial charge is 0.497 e. The minimum atomic E-state index is -0.829. The van der Waals surface area contributed by atoms with Crippen LogP contribution in [0.5, 0.6) is 11.5 Å². The Labute approximate surface area is 156 Å². The third-order valence-corrected chi connectivity index (χ3v) is 3.78. The average molecular weight is 375 g/mol. The van der Waals surface area contributed by atoms with Gasteiger partial charge >= 0.3 is 0 Å². The highest BCUT2D eigenvalue weighted by Crippen LogP contribution is 2.33. The molecular weight excluding hydrogens is 357 g/mol. The SMILES string of the molecule is COc1cc(OCCO)c(F)c(C(Nc2ccc(C#N)cc2)C(N)=S)c1. The van der Waals surface area contributed by atoms with Crippen molar-refractivity contribution in [2.75, 3.05) is 25.6 Å². The van der Waals surface area contributed by atoms with Crippen molar-refractivity contribution >= 4 is 22.9 Å². The fraction of sp³-hybridized carbons (Fsp3) is 0.222. The average Bonchev–Trinajstić information content (AvgIpc) is 2.65. The maximum atomic E-state index is 14.9. The van der Waals surface area contributed by atoms with Gasteiger partial charge < -0.3 is 25.6 Å². The fourth-order valence-corrected chi connectivity index (χ4v) is 2.48. The Morgan fingerprint density at radius 2 is 2.08 bits per heavy atom. The molecule has 2 aromatic rings. The van der Waals surface area contributed by atoms with Crippen molar-refractivity contribution in [1.82, 2.24) is 0 Å². The van der Waals surface area contributed by atoms with Crippen molar-refractivity contribution in [2.45, 2.75) is 6.04 Å². The lowest BCUT2D eigenvalue weighted by molar-refractivity contribution is 0.195. The highest BCUT2D eigenvalue weighted by molar-refractivity contribution is 7.80. The lowest BCUT2D eigenvalue weighted by Crippen LogP contribution is -2.27. The number of nitrogens with one attached hydrogen (secondary N) is 1. The molecule has 0 heterocycles. The van der Waals surface area contributed by atoms with E-state index in [0.717, 1.165) is 0 Å². The first kappa shape index (κ1) is 19.4. The summed E-state index contributed by atoms with van der Waals surface area (Å²) in [6.07, 6.45) is 0. The number of hydrogen-bond acceptors (Lipinski definition) is 6. The first-order valence-electron chi connectivity index (χ1n) is 7.67. The van der Waals surface area contributed by atoms with Crippen molar-refractivity contribution in [2.24, 2.45) is 5.73 Å². The van der Waals surface area contributed by atoms with Crippen LogP contribution in [0.3, 0.4) is 0 Å². The van der Waals surface area contributed by atoms with E-state index in [0.29, 0.717) is 17.0 Å². The molecule has 0 aliphatic heterocycles. The molecule has 2 rings (SSSR count). The van der Waals surface area contributed by atoms with Crippen molar-refractivity contribution in [1.29, 1.82) is 5.26 Å². The second-order valence-corrected chi connectivity index (χ2v) is 5.74. The Morgan fingerprint density at radius 1 is 1.38 bits per heavy atom. The molecule has 0 saturated carbocycles. The van der Waals surface area contributed by atoms with Gasteiger partial charge in [0.15, 0.2) is 11.6 Å². The second-order valence-electron chi connectivity index (χ2n) is 5.27. The van der Waals surface area contributed by atoms with E-state index in [9.17, 15) is 4.39 Å². The number of benzene rings is 2. The van der Waals surface area contributed by atoms with E-state index in [-0.39, 0.29) is 29.5 Å². The number of anilines is 1. The minimum Gasteiger partial charge on any atom is -0.497 e. The van der Waals surface area contributed by atoms with Gasteiger partial charge in [-0.1, -0.05) is 12.2 Å². The second kappa shape index (κ2) is 8.99. The van der Waals surface area contributed by atoms with Crippen molar-refractivity contribution in [3.05, 3.63) is 53.3 Å². The summed E-state index contributed by atoms with van der Waals surface area (Å²) in [5.41, 5.74) is 7.07. The fourth-order valence-electron chi connectivity index (χ4n) is 2.29. The van der Waals surface area contributed by atoms with E-state index in [2.05, 4.69) is 5.32 Å². The summed E-state index contributed by atoms with van der Waals surface area (Å²) in [4.78, 5) is 0.0228. The number of hydrogen-bond donors (Lipinski definition) is 3. The molecule has 0 saturated heterocycles. The number of methoxy groups -OCH3 is 1. The molecule has 0 aromatic heterocycles. The lowest BCUT2D eigenvalue weighted by Gasteiger charge is -2.21. The Bertz CT molecular complexity index is 822. The molecule has 4 N–H and O–H groups in total. The third-order valence-electron chi connectivity index (χ3n) is 3.55. The molecule has 0 radical (unpaired) electrons. The van der Waals surface area contributed by atoms with Crippen LogP contribution in [0.1, 0.15) is 17.2 Å². The van der Waals surface area contributed by atoms with Crippen LogP contribution >= 0.6 is 12.2 Å². The zero-order valence-electron chi connectivity index (χ0n) is 14.0. The molecular formula is C18H18FN3O3S. The van der Waals surface area contributed by atoms with E-state index in [1.165, 1.54) is 19.2 Å². The number of thiocarbonyl (C=S) groups is 1. The van der Waals surface area contributed by atoms with Crippen LogP contribution in [0.2, 0.25) is 0 Å². The van der Waals surface area contributed by atoms with Crippen LogP contribution in [0.25, 0.3) is 0 Å². The van der Waals surface area contributed by atoms with Crippen LogP contribution in [-0.4, -0.2) is 30.4 Å². The number of halogens is 1. The van der Waals surface area contributed by atoms with E-state index in [4.69, 9.17) is 37.8 Å². The van der Waals surface area contributed by atoms with E-state index in [1.807, 2.05) is 6.07 Å². The van der Waals surface area contributed by atoms with Crippen molar-refractivity contribution in [3.8, 4) is 17.6 Å². The number of rotatable bonds is 8. The predicted molar refractivity (Wildman–Crippen MR) is 99.8 cm³/mol. The summed E-state index contributed by atoms with van der Waals surface area (Å²) < 4.78 is 25.3. The molecule has 0 fully saturated rings. The van der Waals surface area contributed by atoms with Crippen LogP contribution in [0.4, 0.5) is 10.1 Å². The summed E-state index contributed by atoms with van der Waals surface area (Å²) >= 11 is 5.09. The van der Waals surface area contributed by atoms with Gasteiger partial charge in [0.2, 0.25) is 0 Å². The first-order valence-corrected chi connectivity index (χ1v) is 8.08. The summed E-state index contributed by atoms with van der Waals surface area (Å²) in [5.74, 6) is -0.369. The van der Waals surface area contributed by atoms with Crippen molar-refractivity contribution in [3.63, 3.8) is 0 Å². The quantitative estimate of drug-likeness (QED) is 0.610. The maximum absolute atomic E-state index is 14.9. The highest BCUT2D eigenvalue weighted by atomic mass is 32.1. The Morgan fingerprint density at radius 3 is 2.62 bits per heavy atom. The monoisotopic (exact) mass is 375 g/mol. The van der Waals surface area contributed by atoms with Gasteiger partial charge in [-0.25, -0.2) is 4.39 Å². The highest BCUT2D eigenvalue weighted by Gasteiger charge is 2.23. The van der Waals surface area contributed by atoms with Crippen LogP contribution in [0, 0.1) is 17.1 Å². The molecule has 0 amide bonds. The van der Waals surface area contributed by atoms with Crippen molar-refractivity contribution < 1.29 is 19.0 Å². The molecule has 26 heavy (non-hydrogen) atoms. The topological polar surface area (TPSA) is 101 Å². The molecule has 2 aromatic carbocycles. The summed E-state index contributed by atoms with van der Waals surface area (Å²) in [6.45, 7) is -0.321.